The fourth-order valence-electron chi connectivity index (χ4n) is 3.08. The van der Waals surface area contributed by atoms with Crippen molar-refractivity contribution in [2.45, 2.75) is 122 Å². The van der Waals surface area contributed by atoms with Gasteiger partial charge in [0, 0.05) is 6.42 Å². The lowest BCUT2D eigenvalue weighted by atomic mass is 10.0. The molecule has 2 nitrogen and oxygen atoms in total. The van der Waals surface area contributed by atoms with Gasteiger partial charge in [0.05, 0.1) is 0 Å². The number of carbonyl (C=O) groups is 1. The Morgan fingerprint density at radius 2 is 1.00 bits per heavy atom. The van der Waals surface area contributed by atoms with E-state index < -0.39 is 0 Å². The molecule has 0 aromatic rings. The highest BCUT2D eigenvalue weighted by molar-refractivity contribution is 5.73. The van der Waals surface area contributed by atoms with Crippen LogP contribution in [0.3, 0.4) is 0 Å². The van der Waals surface area contributed by atoms with E-state index in [0.29, 0.717) is 6.42 Å². The zero-order valence-electron chi connectivity index (χ0n) is 16.4. The van der Waals surface area contributed by atoms with Crippen molar-refractivity contribution in [1.82, 2.24) is 0 Å². The highest BCUT2D eigenvalue weighted by Gasteiger charge is 1.95. The molecule has 0 unspecified atom stereocenters. The zero-order valence-corrected chi connectivity index (χ0v) is 16.4. The minimum absolute atomic E-state index is 0.156. The number of hydrogen-bond donors (Lipinski definition) is 1. The van der Waals surface area contributed by atoms with Crippen LogP contribution in [0.25, 0.3) is 0 Å². The van der Waals surface area contributed by atoms with Gasteiger partial charge >= 0.3 is 0 Å². The second-order valence-corrected chi connectivity index (χ2v) is 7.21. The van der Waals surface area contributed by atoms with Crippen molar-refractivity contribution in [1.29, 1.82) is 0 Å². The highest BCUT2D eigenvalue weighted by atomic mass is 16.1. The molecular formula is C22H43NO. The fourth-order valence-corrected chi connectivity index (χ4v) is 3.08. The highest BCUT2D eigenvalue weighted by Crippen LogP contribution is 2.12. The van der Waals surface area contributed by atoms with E-state index in [-0.39, 0.29) is 5.91 Å². The standard InChI is InChI=1S/C22H43NO/c1-2-3-4-5-6-7-8-9-10-11-12-13-14-15-16-17-18-19-20-21-22(23)24/h8-9H,2-7,10-21H2,1H3,(H2,23,24)/b9-8+. The minimum Gasteiger partial charge on any atom is -0.370 e. The molecule has 0 fully saturated rings. The summed E-state index contributed by atoms with van der Waals surface area (Å²) in [5, 5.41) is 0. The van der Waals surface area contributed by atoms with Crippen molar-refractivity contribution in [3.63, 3.8) is 0 Å². The lowest BCUT2D eigenvalue weighted by Gasteiger charge is -2.02. The quantitative estimate of drug-likeness (QED) is 0.199. The van der Waals surface area contributed by atoms with Crippen LogP contribution < -0.4 is 5.73 Å². The van der Waals surface area contributed by atoms with E-state index in [1.807, 2.05) is 0 Å². The smallest absolute Gasteiger partial charge is 0.217 e. The summed E-state index contributed by atoms with van der Waals surface area (Å²) in [5.74, 6) is -0.156. The first kappa shape index (κ1) is 23.2. The molecule has 0 aliphatic heterocycles. The molecule has 0 radical (unpaired) electrons. The van der Waals surface area contributed by atoms with Crippen molar-refractivity contribution >= 4 is 5.91 Å². The zero-order chi connectivity index (χ0) is 17.7. The largest absolute Gasteiger partial charge is 0.370 e. The normalized spacial score (nSPS) is 11.4. The van der Waals surface area contributed by atoms with Crippen LogP contribution in [0.2, 0.25) is 0 Å². The van der Waals surface area contributed by atoms with Gasteiger partial charge in [0.1, 0.15) is 0 Å². The van der Waals surface area contributed by atoms with Crippen LogP contribution in [0.1, 0.15) is 122 Å². The summed E-state index contributed by atoms with van der Waals surface area (Å²) in [6.07, 6.45) is 27.8. The summed E-state index contributed by atoms with van der Waals surface area (Å²) in [6.45, 7) is 2.27. The predicted molar refractivity (Wildman–Crippen MR) is 107 cm³/mol. The summed E-state index contributed by atoms with van der Waals surface area (Å²) < 4.78 is 0. The van der Waals surface area contributed by atoms with E-state index in [1.54, 1.807) is 0 Å². The number of rotatable bonds is 19. The van der Waals surface area contributed by atoms with E-state index >= 15 is 0 Å². The van der Waals surface area contributed by atoms with E-state index in [1.165, 1.54) is 96.3 Å². The number of hydrogen-bond acceptors (Lipinski definition) is 1. The molecule has 0 aliphatic rings. The Morgan fingerprint density at radius 1 is 0.625 bits per heavy atom. The number of unbranched alkanes of at least 4 members (excludes halogenated alkanes) is 15. The van der Waals surface area contributed by atoms with E-state index in [2.05, 4.69) is 19.1 Å². The summed E-state index contributed by atoms with van der Waals surface area (Å²) in [5.41, 5.74) is 5.13. The average molecular weight is 338 g/mol. The van der Waals surface area contributed by atoms with Gasteiger partial charge in [0.25, 0.3) is 0 Å². The molecule has 0 atom stereocenters. The topological polar surface area (TPSA) is 43.1 Å². The molecule has 2 N–H and O–H groups in total. The van der Waals surface area contributed by atoms with Crippen LogP contribution in [0.5, 0.6) is 0 Å². The van der Waals surface area contributed by atoms with E-state index in [9.17, 15) is 4.79 Å². The number of amides is 1. The first-order chi connectivity index (χ1) is 11.8. The van der Waals surface area contributed by atoms with Crippen molar-refractivity contribution in [2.75, 3.05) is 0 Å². The molecule has 0 rings (SSSR count). The van der Waals surface area contributed by atoms with Crippen LogP contribution in [0.15, 0.2) is 12.2 Å². The first-order valence-corrected chi connectivity index (χ1v) is 10.7. The van der Waals surface area contributed by atoms with Crippen LogP contribution in [-0.4, -0.2) is 5.91 Å². The Bertz CT molecular complexity index is 286. The number of carbonyl (C=O) groups excluding carboxylic acids is 1. The van der Waals surface area contributed by atoms with Crippen molar-refractivity contribution < 1.29 is 4.79 Å². The molecule has 2 heteroatoms. The Hall–Kier alpha value is -0.790. The van der Waals surface area contributed by atoms with Gasteiger partial charge in [-0.1, -0.05) is 96.1 Å². The van der Waals surface area contributed by atoms with Gasteiger partial charge in [-0.05, 0) is 32.1 Å². The Labute approximate surface area is 151 Å². The number of allylic oxidation sites excluding steroid dienone is 2. The first-order valence-electron chi connectivity index (χ1n) is 10.7. The van der Waals surface area contributed by atoms with Gasteiger partial charge in [-0.15, -0.1) is 0 Å². The van der Waals surface area contributed by atoms with E-state index in [4.69, 9.17) is 5.73 Å². The Morgan fingerprint density at radius 3 is 1.42 bits per heavy atom. The molecule has 1 amide bonds. The number of nitrogens with two attached hydrogens (primary N) is 1. The molecule has 0 saturated carbocycles. The lowest BCUT2D eigenvalue weighted by molar-refractivity contribution is -0.118. The van der Waals surface area contributed by atoms with Crippen LogP contribution in [0, 0.1) is 0 Å². The number of primary amides is 1. The van der Waals surface area contributed by atoms with Gasteiger partial charge in [0.2, 0.25) is 5.91 Å². The third-order valence-electron chi connectivity index (χ3n) is 4.68. The molecule has 0 bridgehead atoms. The van der Waals surface area contributed by atoms with Gasteiger partial charge in [-0.2, -0.15) is 0 Å². The molecule has 24 heavy (non-hydrogen) atoms. The molecular weight excluding hydrogens is 294 g/mol. The van der Waals surface area contributed by atoms with Crippen LogP contribution in [-0.2, 0) is 4.79 Å². The van der Waals surface area contributed by atoms with Gasteiger partial charge < -0.3 is 5.73 Å². The van der Waals surface area contributed by atoms with Crippen molar-refractivity contribution in [3.8, 4) is 0 Å². The maximum absolute atomic E-state index is 10.6. The molecule has 0 heterocycles. The second kappa shape index (κ2) is 20.3. The molecule has 0 aromatic heterocycles. The van der Waals surface area contributed by atoms with Crippen molar-refractivity contribution in [3.05, 3.63) is 12.2 Å². The van der Waals surface area contributed by atoms with E-state index in [0.717, 1.165) is 12.8 Å². The second-order valence-electron chi connectivity index (χ2n) is 7.21. The van der Waals surface area contributed by atoms with Gasteiger partial charge in [-0.3, -0.25) is 4.79 Å². The molecule has 0 spiro atoms. The van der Waals surface area contributed by atoms with Crippen LogP contribution >= 0.6 is 0 Å². The van der Waals surface area contributed by atoms with Crippen LogP contribution in [0.4, 0.5) is 0 Å². The van der Waals surface area contributed by atoms with Gasteiger partial charge in [0.15, 0.2) is 0 Å². The summed E-state index contributed by atoms with van der Waals surface area (Å²) in [4.78, 5) is 10.6. The third-order valence-corrected chi connectivity index (χ3v) is 4.68. The molecule has 0 aromatic carbocycles. The Balaban J connectivity index is 3.05. The predicted octanol–water partition coefficient (Wildman–Crippen LogP) is 7.07. The van der Waals surface area contributed by atoms with Crippen molar-refractivity contribution in [2.24, 2.45) is 5.73 Å². The maximum Gasteiger partial charge on any atom is 0.217 e. The minimum atomic E-state index is -0.156. The summed E-state index contributed by atoms with van der Waals surface area (Å²) >= 11 is 0. The molecule has 0 saturated heterocycles. The fraction of sp³-hybridized carbons (Fsp3) is 0.864. The molecule has 0 aliphatic carbocycles. The Kier molecular flexibility index (Phi) is 19.6. The monoisotopic (exact) mass is 337 g/mol. The lowest BCUT2D eigenvalue weighted by Crippen LogP contribution is -2.09. The average Bonchev–Trinajstić information content (AvgIpc) is 2.56. The molecule has 142 valence electrons. The SMILES string of the molecule is CCCCCCC/C=C/CCCCCCCCCCCCC(N)=O. The third kappa shape index (κ3) is 21.2. The summed E-state index contributed by atoms with van der Waals surface area (Å²) in [6, 6.07) is 0. The maximum atomic E-state index is 10.6. The van der Waals surface area contributed by atoms with Gasteiger partial charge in [-0.25, -0.2) is 0 Å². The summed E-state index contributed by atoms with van der Waals surface area (Å²) in [7, 11) is 0.